The zero-order valence-corrected chi connectivity index (χ0v) is 12.7. The van der Waals surface area contributed by atoms with E-state index in [1.807, 2.05) is 0 Å². The summed E-state index contributed by atoms with van der Waals surface area (Å²) in [6.07, 6.45) is -0.619. The van der Waals surface area contributed by atoms with E-state index in [-0.39, 0.29) is 18.6 Å². The van der Waals surface area contributed by atoms with Crippen LogP contribution in [0, 0.1) is 0 Å². The van der Waals surface area contributed by atoms with Crippen molar-refractivity contribution in [3.8, 4) is 0 Å². The quantitative estimate of drug-likeness (QED) is 0.803. The van der Waals surface area contributed by atoms with E-state index < -0.39 is 6.10 Å². The summed E-state index contributed by atoms with van der Waals surface area (Å²) in [5, 5.41) is 13.0. The van der Waals surface area contributed by atoms with Gasteiger partial charge in [0.15, 0.2) is 0 Å². The Labute approximate surface area is 124 Å². The lowest BCUT2D eigenvalue weighted by atomic mass is 10.2. The van der Waals surface area contributed by atoms with E-state index in [0.29, 0.717) is 17.3 Å². The van der Waals surface area contributed by atoms with Gasteiger partial charge >= 0.3 is 0 Å². The number of carbonyl (C=O) groups is 1. The van der Waals surface area contributed by atoms with Gasteiger partial charge in [-0.3, -0.25) is 9.69 Å². The highest BCUT2D eigenvalue weighted by atomic mass is 35.5. The Morgan fingerprint density at radius 3 is 2.85 bits per heavy atom. The summed E-state index contributed by atoms with van der Waals surface area (Å²) < 4.78 is 4.86. The van der Waals surface area contributed by atoms with Crippen LogP contribution in [0.5, 0.6) is 0 Å². The molecule has 0 saturated carbocycles. The van der Waals surface area contributed by atoms with E-state index in [1.165, 1.54) is 7.11 Å². The molecule has 2 N–H and O–H groups in total. The lowest BCUT2D eigenvalue weighted by Crippen LogP contribution is -2.44. The fourth-order valence-electron chi connectivity index (χ4n) is 1.75. The van der Waals surface area contributed by atoms with Gasteiger partial charge < -0.3 is 15.2 Å². The molecule has 0 heterocycles. The number of nitrogens with one attached hydrogen (secondary N) is 1. The molecule has 1 aromatic carbocycles. The molecule has 0 fully saturated rings. The lowest BCUT2D eigenvalue weighted by Gasteiger charge is -2.25. The Kier molecular flexibility index (Phi) is 6.95. The van der Waals surface area contributed by atoms with Crippen molar-refractivity contribution in [3.63, 3.8) is 0 Å². The SMILES string of the molecule is COCC(O)CN(C)C(C)C(=O)Nc1cccc(Cl)c1. The van der Waals surface area contributed by atoms with E-state index in [2.05, 4.69) is 5.32 Å². The predicted octanol–water partition coefficient (Wildman–Crippen LogP) is 1.61. The van der Waals surface area contributed by atoms with Crippen LogP contribution >= 0.6 is 11.6 Å². The lowest BCUT2D eigenvalue weighted by molar-refractivity contribution is -0.120. The predicted molar refractivity (Wildman–Crippen MR) is 80.1 cm³/mol. The molecule has 0 saturated heterocycles. The van der Waals surface area contributed by atoms with Crippen molar-refractivity contribution in [2.24, 2.45) is 0 Å². The Hall–Kier alpha value is -1.14. The standard InChI is InChI=1S/C14H21ClN2O3/c1-10(17(2)8-13(18)9-20-3)14(19)16-12-6-4-5-11(15)7-12/h4-7,10,13,18H,8-9H2,1-3H3,(H,16,19). The molecule has 1 amide bonds. The highest BCUT2D eigenvalue weighted by Gasteiger charge is 2.20. The number of ether oxygens (including phenoxy) is 1. The molecule has 2 unspecified atom stereocenters. The van der Waals surface area contributed by atoms with E-state index in [9.17, 15) is 9.90 Å². The number of amides is 1. The number of anilines is 1. The zero-order chi connectivity index (χ0) is 15.1. The molecular weight excluding hydrogens is 280 g/mol. The van der Waals surface area contributed by atoms with Crippen molar-refractivity contribution in [3.05, 3.63) is 29.3 Å². The first-order valence-corrected chi connectivity index (χ1v) is 6.75. The van der Waals surface area contributed by atoms with Gasteiger partial charge in [-0.25, -0.2) is 0 Å². The summed E-state index contributed by atoms with van der Waals surface area (Å²) >= 11 is 5.87. The van der Waals surface area contributed by atoms with E-state index in [0.717, 1.165) is 0 Å². The zero-order valence-electron chi connectivity index (χ0n) is 12.0. The summed E-state index contributed by atoms with van der Waals surface area (Å²) in [5.41, 5.74) is 0.653. The number of nitrogens with zero attached hydrogens (tertiary/aromatic N) is 1. The van der Waals surface area contributed by atoms with Crippen LogP contribution in [0.4, 0.5) is 5.69 Å². The molecule has 0 aliphatic heterocycles. The first-order chi connectivity index (χ1) is 9.43. The van der Waals surface area contributed by atoms with Gasteiger partial charge in [0.05, 0.1) is 18.8 Å². The maximum Gasteiger partial charge on any atom is 0.241 e. The minimum atomic E-state index is -0.619. The van der Waals surface area contributed by atoms with Gasteiger partial charge in [-0.1, -0.05) is 17.7 Å². The number of halogens is 1. The Morgan fingerprint density at radius 1 is 1.55 bits per heavy atom. The smallest absolute Gasteiger partial charge is 0.241 e. The second kappa shape index (κ2) is 8.21. The molecule has 5 nitrogen and oxygen atoms in total. The fourth-order valence-corrected chi connectivity index (χ4v) is 1.94. The van der Waals surface area contributed by atoms with Crippen LogP contribution in [-0.4, -0.2) is 55.4 Å². The molecule has 0 radical (unpaired) electrons. The number of carbonyl (C=O) groups excluding carboxylic acids is 1. The van der Waals surface area contributed by atoms with Crippen LogP contribution < -0.4 is 5.32 Å². The normalized spacial score (nSPS) is 14.1. The number of benzene rings is 1. The maximum atomic E-state index is 12.1. The maximum absolute atomic E-state index is 12.1. The van der Waals surface area contributed by atoms with Crippen LogP contribution in [0.3, 0.4) is 0 Å². The molecular formula is C14H21ClN2O3. The van der Waals surface area contributed by atoms with Crippen LogP contribution in [0.25, 0.3) is 0 Å². The average molecular weight is 301 g/mol. The first-order valence-electron chi connectivity index (χ1n) is 6.37. The van der Waals surface area contributed by atoms with Crippen molar-refractivity contribution >= 4 is 23.2 Å². The van der Waals surface area contributed by atoms with Crippen molar-refractivity contribution < 1.29 is 14.6 Å². The van der Waals surface area contributed by atoms with Gasteiger partial charge in [-0.05, 0) is 32.2 Å². The largest absolute Gasteiger partial charge is 0.389 e. The third-order valence-corrected chi connectivity index (χ3v) is 3.23. The van der Waals surface area contributed by atoms with Crippen LogP contribution in [0.15, 0.2) is 24.3 Å². The Balaban J connectivity index is 2.53. The highest BCUT2D eigenvalue weighted by Crippen LogP contribution is 2.15. The molecule has 112 valence electrons. The van der Waals surface area contributed by atoms with Crippen molar-refractivity contribution in [1.29, 1.82) is 0 Å². The minimum absolute atomic E-state index is 0.153. The van der Waals surface area contributed by atoms with Gasteiger partial charge in [0.2, 0.25) is 5.91 Å². The molecule has 1 aromatic rings. The van der Waals surface area contributed by atoms with E-state index in [1.54, 1.807) is 43.1 Å². The molecule has 0 aliphatic carbocycles. The third kappa shape index (κ3) is 5.46. The number of aliphatic hydroxyl groups excluding tert-OH is 1. The molecule has 1 rings (SSSR count). The highest BCUT2D eigenvalue weighted by molar-refractivity contribution is 6.30. The number of aliphatic hydroxyl groups is 1. The molecule has 0 aliphatic rings. The first kappa shape index (κ1) is 16.9. The minimum Gasteiger partial charge on any atom is -0.389 e. The molecule has 2 atom stereocenters. The second-order valence-electron chi connectivity index (χ2n) is 4.72. The van der Waals surface area contributed by atoms with Crippen molar-refractivity contribution in [2.75, 3.05) is 32.6 Å². The van der Waals surface area contributed by atoms with Crippen molar-refractivity contribution in [1.82, 2.24) is 4.90 Å². The van der Waals surface area contributed by atoms with E-state index in [4.69, 9.17) is 16.3 Å². The van der Waals surface area contributed by atoms with Gasteiger partial charge in [0.1, 0.15) is 0 Å². The second-order valence-corrected chi connectivity index (χ2v) is 5.16. The number of methoxy groups -OCH3 is 1. The number of rotatable bonds is 7. The molecule has 6 heteroatoms. The molecule has 0 bridgehead atoms. The fraction of sp³-hybridized carbons (Fsp3) is 0.500. The summed E-state index contributed by atoms with van der Waals surface area (Å²) in [7, 11) is 3.31. The van der Waals surface area contributed by atoms with Gasteiger partial charge in [0, 0.05) is 24.4 Å². The monoisotopic (exact) mass is 300 g/mol. The Morgan fingerprint density at radius 2 is 2.25 bits per heavy atom. The number of likely N-dealkylation sites (N-methyl/N-ethyl adjacent to an activating group) is 1. The molecule has 20 heavy (non-hydrogen) atoms. The third-order valence-electron chi connectivity index (χ3n) is 2.99. The van der Waals surface area contributed by atoms with Gasteiger partial charge in [-0.15, -0.1) is 0 Å². The number of hydrogen-bond donors (Lipinski definition) is 2. The Bertz CT molecular complexity index is 442. The van der Waals surface area contributed by atoms with E-state index >= 15 is 0 Å². The van der Waals surface area contributed by atoms with Crippen LogP contribution in [0.2, 0.25) is 5.02 Å². The molecule has 0 spiro atoms. The van der Waals surface area contributed by atoms with Crippen LogP contribution in [0.1, 0.15) is 6.92 Å². The van der Waals surface area contributed by atoms with Gasteiger partial charge in [0.25, 0.3) is 0 Å². The average Bonchev–Trinajstić information content (AvgIpc) is 2.37. The topological polar surface area (TPSA) is 61.8 Å². The summed E-state index contributed by atoms with van der Waals surface area (Å²) in [6.45, 7) is 2.38. The van der Waals surface area contributed by atoms with Crippen molar-refractivity contribution in [2.45, 2.75) is 19.1 Å². The summed E-state index contributed by atoms with van der Waals surface area (Å²) in [5.74, 6) is -0.153. The molecule has 0 aromatic heterocycles. The van der Waals surface area contributed by atoms with Crippen LogP contribution in [-0.2, 0) is 9.53 Å². The van der Waals surface area contributed by atoms with Gasteiger partial charge in [-0.2, -0.15) is 0 Å². The summed E-state index contributed by atoms with van der Waals surface area (Å²) in [6, 6.07) is 6.60. The summed E-state index contributed by atoms with van der Waals surface area (Å²) in [4.78, 5) is 13.9. The number of hydrogen-bond acceptors (Lipinski definition) is 4.